The Kier molecular flexibility index (Phi) is 26.4. The molecule has 4 amide bonds. The van der Waals surface area contributed by atoms with E-state index < -0.39 is 58.6 Å². The van der Waals surface area contributed by atoms with Crippen molar-refractivity contribution < 1.29 is 59.5 Å². The maximum absolute atomic E-state index is 13.5. The Morgan fingerprint density at radius 3 is 1.32 bits per heavy atom. The summed E-state index contributed by atoms with van der Waals surface area (Å²) in [7, 11) is -0.479. The Labute approximate surface area is 657 Å². The number of nitrogen functional groups attached to an aromatic ring is 1. The van der Waals surface area contributed by atoms with E-state index in [4.69, 9.17) is 59.3 Å². The maximum Gasteiger partial charge on any atom is 0.498 e. The molecule has 39 heteroatoms. The smallest absolute Gasteiger partial charge is 0.444 e. The van der Waals surface area contributed by atoms with Crippen LogP contribution in [0.2, 0.25) is 15.3 Å². The van der Waals surface area contributed by atoms with E-state index in [9.17, 15) is 40.7 Å². The summed E-state index contributed by atoms with van der Waals surface area (Å²) in [4.78, 5) is 73.8. The molecule has 2 aromatic carbocycles. The van der Waals surface area contributed by atoms with E-state index in [-0.39, 0.29) is 63.0 Å². The lowest BCUT2D eigenvalue weighted by Gasteiger charge is -2.32. The lowest BCUT2D eigenvalue weighted by molar-refractivity contribution is 0.00578. The van der Waals surface area contributed by atoms with Crippen LogP contribution in [0.5, 0.6) is 0 Å². The fourth-order valence-electron chi connectivity index (χ4n) is 11.3. The van der Waals surface area contributed by atoms with E-state index in [0.717, 1.165) is 72.0 Å². The van der Waals surface area contributed by atoms with Gasteiger partial charge in [-0.25, -0.2) is 80.6 Å². The normalized spacial score (nSPS) is 15.1. The van der Waals surface area contributed by atoms with Gasteiger partial charge in [0.15, 0.2) is 40.7 Å². The highest BCUT2D eigenvalue weighted by molar-refractivity contribution is 6.62. The van der Waals surface area contributed by atoms with E-state index in [2.05, 4.69) is 70.9 Å². The topological polar surface area (TPSA) is 322 Å². The van der Waals surface area contributed by atoms with Crippen molar-refractivity contribution in [3.63, 3.8) is 0 Å². The molecule has 5 aliphatic heterocycles. The molecule has 29 nitrogen and oxygen atoms in total. The van der Waals surface area contributed by atoms with Crippen LogP contribution in [0.3, 0.4) is 0 Å². The molecule has 112 heavy (non-hydrogen) atoms. The number of hydrogen-bond donors (Lipinski definition) is 3. The fraction of sp³-hybridized carbons (Fsp3) is 0.411. The molecule has 1 fully saturated rings. The number of aromatic nitrogens is 16. The number of nitrogens with two attached hydrogens (primary N) is 1. The molecule has 1 saturated heterocycles. The van der Waals surface area contributed by atoms with Crippen molar-refractivity contribution in [2.75, 3.05) is 37.2 Å². The Hall–Kier alpha value is -10.4. The first-order valence-electron chi connectivity index (χ1n) is 35.3. The van der Waals surface area contributed by atoms with E-state index in [0.29, 0.717) is 98.0 Å². The number of rotatable bonds is 5. The second kappa shape index (κ2) is 35.1. The maximum atomic E-state index is 13.5. The van der Waals surface area contributed by atoms with Gasteiger partial charge in [-0.3, -0.25) is 18.7 Å². The number of urea groups is 1. The van der Waals surface area contributed by atoms with Gasteiger partial charge in [0.05, 0.1) is 173 Å². The molecule has 0 atom stereocenters. The van der Waals surface area contributed by atoms with Crippen molar-refractivity contribution in [1.29, 1.82) is 0 Å². The standard InChI is InChI=1S/C18H15ClF2N6O.C17H28BN3O4.C16H20FN5O2.C11H12FN5.C6H5ClFN.C5H4ClFN2/c1-10-15(21)8-22-17(24-10)12-7-23-27-5-4-26(9-16(12)27)18(28)25-11-2-3-14(20)13(19)6-11;1-15(2,3)23-14(22)20-8-9-21-13(11-20)12(10-19-21)18-24-16(4,5)17(6,7)25-18;1-10-12(17)8-18-14(20-10)11-7-19-22-6-5-21(9-13(11)22)15(23)24-16(2,3)4;1-7-9(12)5-14-11(16-7)8-4-15-17-3-2-13-6-10(8)17;7-5-3-4(9)1-2-6(5)8;1-3-4(7)2-8-5(6)9-3/h2-3,6-8H,4-5,9H2,1H3,(H,25,28);10H,8-9,11H2,1-7H3;7-8H,5-6,9H2,1-4H3;4-5,13H,2-3,6H2,1H3;1-3H,9H2;2H,1H3. The van der Waals surface area contributed by atoms with Crippen molar-refractivity contribution >= 4 is 77.0 Å². The average molecular weight is 1610 g/mol. The van der Waals surface area contributed by atoms with Crippen LogP contribution in [0.1, 0.15) is 115 Å². The predicted octanol–water partition coefficient (Wildman–Crippen LogP) is 12.6. The molecule has 0 saturated carbocycles. The number of amides is 4. The van der Waals surface area contributed by atoms with Crippen molar-refractivity contribution in [1.82, 2.24) is 99.0 Å². The van der Waals surface area contributed by atoms with Crippen LogP contribution < -0.4 is 21.8 Å². The lowest BCUT2D eigenvalue weighted by atomic mass is 9.79. The minimum absolute atomic E-state index is 0.0648. The summed E-state index contributed by atoms with van der Waals surface area (Å²) in [6.07, 6.45) is 10.7. The molecule has 0 spiro atoms. The molecule has 4 N–H and O–H groups in total. The molecule has 10 aromatic rings. The van der Waals surface area contributed by atoms with Crippen LogP contribution in [0.25, 0.3) is 34.2 Å². The molecule has 13 heterocycles. The first kappa shape index (κ1) is 84.1. The third-order valence-electron chi connectivity index (χ3n) is 18.0. The molecular weight excluding hydrogens is 1530 g/mol. The zero-order valence-corrected chi connectivity index (χ0v) is 66.2. The zero-order chi connectivity index (χ0) is 81.5. The number of nitrogens with one attached hydrogen (secondary N) is 2. The van der Waals surface area contributed by atoms with Gasteiger partial charge in [0, 0.05) is 55.8 Å². The monoisotopic (exact) mass is 1610 g/mol. The van der Waals surface area contributed by atoms with E-state index >= 15 is 0 Å². The fourth-order valence-corrected chi connectivity index (χ4v) is 11.8. The second-order valence-corrected chi connectivity index (χ2v) is 30.3. The number of carbonyl (C=O) groups is 3. The molecule has 0 radical (unpaired) electrons. The first-order valence-corrected chi connectivity index (χ1v) is 36.4. The second-order valence-electron chi connectivity index (χ2n) is 29.1. The predicted molar refractivity (Wildman–Crippen MR) is 405 cm³/mol. The highest BCUT2D eigenvalue weighted by atomic mass is 35.5. The van der Waals surface area contributed by atoms with Crippen LogP contribution in [0.15, 0.2) is 86.0 Å². The number of anilines is 2. The minimum Gasteiger partial charge on any atom is -0.444 e. The number of fused-ring (bicyclic) bond motifs is 4. The Morgan fingerprint density at radius 1 is 0.500 bits per heavy atom. The summed E-state index contributed by atoms with van der Waals surface area (Å²) in [5.74, 6) is -1.44. The number of benzene rings is 2. The SMILES string of the molecule is CC(C)(C)OC(=O)N1CCn2ncc(B3OC(C)(C)C(C)(C)O3)c2C1.Cc1nc(-c2cnn3c2CN(C(=O)Nc2ccc(F)c(Cl)c2)CC3)ncc1F.Cc1nc(-c2cnn3c2CN(C(=O)OC(C)(C)C)CC3)ncc1F.Cc1nc(-c2cnn3c2CNCC3)ncc1F.Cc1nc(Cl)ncc1F.Nc1ccc(F)c(Cl)c1. The largest absolute Gasteiger partial charge is 0.498 e. The third-order valence-corrected chi connectivity index (χ3v) is 18.7. The van der Waals surface area contributed by atoms with Crippen LogP contribution in [0.4, 0.5) is 52.1 Å². The van der Waals surface area contributed by atoms with Crippen LogP contribution in [-0.4, -0.2) is 168 Å². The molecule has 0 bridgehead atoms. The van der Waals surface area contributed by atoms with E-state index in [1.165, 1.54) is 49.5 Å². The van der Waals surface area contributed by atoms with Crippen LogP contribution in [0, 0.1) is 62.6 Å². The molecular formula is C73H84BCl3F6N22O7. The first-order chi connectivity index (χ1) is 52.7. The summed E-state index contributed by atoms with van der Waals surface area (Å²) in [6.45, 7) is 32.3. The van der Waals surface area contributed by atoms with Gasteiger partial charge in [-0.15, -0.1) is 0 Å². The number of aryl methyl sites for hydroxylation is 4. The average Bonchev–Trinajstić information content (AvgIpc) is 1.59. The number of ether oxygens (including phenoxy) is 2. The van der Waals surface area contributed by atoms with E-state index in [1.807, 2.05) is 83.3 Å². The van der Waals surface area contributed by atoms with Gasteiger partial charge in [0.2, 0.25) is 5.28 Å². The van der Waals surface area contributed by atoms with Crippen LogP contribution >= 0.6 is 34.8 Å². The molecule has 15 rings (SSSR count). The molecule has 5 aliphatic rings. The van der Waals surface area contributed by atoms with Gasteiger partial charge >= 0.3 is 25.3 Å². The zero-order valence-electron chi connectivity index (χ0n) is 64.0. The summed E-state index contributed by atoms with van der Waals surface area (Å²) in [5, 5.41) is 23.4. The Bertz CT molecular complexity index is 5010. The van der Waals surface area contributed by atoms with Crippen molar-refractivity contribution in [2.24, 2.45) is 0 Å². The third kappa shape index (κ3) is 21.0. The summed E-state index contributed by atoms with van der Waals surface area (Å²) in [6, 6.07) is 7.69. The van der Waals surface area contributed by atoms with Crippen molar-refractivity contribution in [2.45, 2.75) is 172 Å². The quantitative estimate of drug-likeness (QED) is 0.0624. The summed E-state index contributed by atoms with van der Waals surface area (Å²) in [5.41, 5.74) is 12.1. The molecule has 0 aliphatic carbocycles. The summed E-state index contributed by atoms with van der Waals surface area (Å²) >= 11 is 16.4. The lowest BCUT2D eigenvalue weighted by Crippen LogP contribution is -2.45. The van der Waals surface area contributed by atoms with Gasteiger partial charge < -0.3 is 49.8 Å². The highest BCUT2D eigenvalue weighted by Gasteiger charge is 2.53. The Morgan fingerprint density at radius 2 is 0.893 bits per heavy atom. The van der Waals surface area contributed by atoms with E-state index in [1.54, 1.807) is 64.9 Å². The highest BCUT2D eigenvalue weighted by Crippen LogP contribution is 2.37. The van der Waals surface area contributed by atoms with Crippen LogP contribution in [-0.2, 0) is 71.1 Å². The Balaban J connectivity index is 0.000000148. The number of nitrogens with zero attached hydrogens (tertiary/aromatic N) is 19. The number of carbonyl (C=O) groups excluding carboxylic acids is 3. The van der Waals surface area contributed by atoms with Gasteiger partial charge in [-0.1, -0.05) is 23.2 Å². The van der Waals surface area contributed by atoms with Gasteiger partial charge in [-0.05, 0) is 145 Å². The van der Waals surface area contributed by atoms with Gasteiger partial charge in [0.25, 0.3) is 0 Å². The molecule has 594 valence electrons. The van der Waals surface area contributed by atoms with Gasteiger partial charge in [0.1, 0.15) is 22.8 Å². The minimum atomic E-state index is -0.555. The number of hydrogen-bond acceptors (Lipinski definition) is 21. The van der Waals surface area contributed by atoms with Gasteiger partial charge in [-0.2, -0.15) is 20.4 Å². The molecule has 0 unspecified atom stereocenters. The summed E-state index contributed by atoms with van der Waals surface area (Å²) < 4.78 is 109. The van der Waals surface area contributed by atoms with Crippen molar-refractivity contribution in [3.05, 3.63) is 182 Å². The van der Waals surface area contributed by atoms with Crippen molar-refractivity contribution in [3.8, 4) is 34.2 Å². The number of halogens is 9. The molecule has 8 aromatic heterocycles.